The summed E-state index contributed by atoms with van der Waals surface area (Å²) in [6.07, 6.45) is 19.4. The Morgan fingerprint density at radius 1 is 0.423 bits per heavy atom. The van der Waals surface area contributed by atoms with E-state index in [1.54, 1.807) is 0 Å². The molecule has 0 aromatic heterocycles. The van der Waals surface area contributed by atoms with Crippen LogP contribution in [0.5, 0.6) is 0 Å². The van der Waals surface area contributed by atoms with E-state index >= 15 is 0 Å². The molecule has 0 aliphatic carbocycles. The molecule has 0 N–H and O–H groups in total. The van der Waals surface area contributed by atoms with Crippen LogP contribution < -0.4 is 0 Å². The van der Waals surface area contributed by atoms with Crippen LogP contribution in [-0.2, 0) is 13.3 Å². The second-order valence-electron chi connectivity index (χ2n) is 7.33. The van der Waals surface area contributed by atoms with Crippen molar-refractivity contribution in [2.45, 2.75) is 124 Å². The predicted molar refractivity (Wildman–Crippen MR) is 116 cm³/mol. The zero-order chi connectivity index (χ0) is 19.3. The monoisotopic (exact) mass is 388 g/mol. The zero-order valence-electron chi connectivity index (χ0n) is 18.5. The molecule has 0 bridgehead atoms. The molecule has 0 aromatic rings. The normalized spacial score (nSPS) is 12.0. The van der Waals surface area contributed by atoms with Gasteiger partial charge in [0.25, 0.3) is 0 Å². The van der Waals surface area contributed by atoms with Crippen molar-refractivity contribution in [3.63, 3.8) is 0 Å². The molecule has 0 saturated carbocycles. The second kappa shape index (κ2) is 19.8. The van der Waals surface area contributed by atoms with Crippen molar-refractivity contribution in [3.8, 4) is 0 Å². The first-order valence-electron chi connectivity index (χ1n) is 11.7. The maximum Gasteiger partial charge on any atom is 0.500 e. The van der Waals surface area contributed by atoms with Crippen LogP contribution in [0.2, 0.25) is 6.04 Å². The quantitative estimate of drug-likeness (QED) is 0.150. The molecule has 0 amide bonds. The molecule has 0 radical (unpaired) electrons. The molecule has 0 aliphatic rings. The van der Waals surface area contributed by atoms with E-state index in [2.05, 4.69) is 6.92 Å². The molecule has 0 saturated heterocycles. The Hall–Kier alpha value is 0.0969. The highest BCUT2D eigenvalue weighted by molar-refractivity contribution is 6.60. The summed E-state index contributed by atoms with van der Waals surface area (Å²) in [6.45, 7) is 10.4. The van der Waals surface area contributed by atoms with E-state index in [9.17, 15) is 0 Å². The lowest BCUT2D eigenvalue weighted by Crippen LogP contribution is -2.45. The molecule has 0 unspecified atom stereocenters. The van der Waals surface area contributed by atoms with Crippen LogP contribution in [0.3, 0.4) is 0 Å². The van der Waals surface area contributed by atoms with Crippen LogP contribution in [0.1, 0.15) is 118 Å². The van der Waals surface area contributed by atoms with Crippen LogP contribution in [0.15, 0.2) is 0 Å². The van der Waals surface area contributed by atoms with Crippen molar-refractivity contribution >= 4 is 8.80 Å². The van der Waals surface area contributed by atoms with Gasteiger partial charge in [-0.15, -0.1) is 0 Å². The first-order valence-corrected chi connectivity index (χ1v) is 13.6. The minimum absolute atomic E-state index is 0.685. The fraction of sp³-hybridized carbons (Fsp3) is 1.00. The summed E-state index contributed by atoms with van der Waals surface area (Å²) in [5, 5.41) is 0. The Morgan fingerprint density at radius 3 is 1.04 bits per heavy atom. The maximum atomic E-state index is 5.92. The third kappa shape index (κ3) is 15.2. The van der Waals surface area contributed by atoms with Crippen LogP contribution in [0.4, 0.5) is 0 Å². The van der Waals surface area contributed by atoms with E-state index in [1.807, 2.05) is 20.8 Å². The van der Waals surface area contributed by atoms with E-state index in [-0.39, 0.29) is 0 Å². The standard InChI is InChI=1S/C22H48O3Si/c1-5-9-10-11-12-13-14-15-16-17-18-19-20-21-22-26(23-6-2,24-7-3)25-8-4/h5-22H2,1-4H3. The molecular weight excluding hydrogens is 340 g/mol. The highest BCUT2D eigenvalue weighted by Gasteiger charge is 2.39. The lowest BCUT2D eigenvalue weighted by atomic mass is 10.0. The average Bonchev–Trinajstić information content (AvgIpc) is 2.63. The van der Waals surface area contributed by atoms with Gasteiger partial charge in [-0.1, -0.05) is 90.4 Å². The average molecular weight is 389 g/mol. The van der Waals surface area contributed by atoms with Crippen molar-refractivity contribution in [2.24, 2.45) is 0 Å². The molecule has 0 heterocycles. The van der Waals surface area contributed by atoms with Gasteiger partial charge in [-0.3, -0.25) is 0 Å². The van der Waals surface area contributed by atoms with E-state index in [0.717, 1.165) is 6.04 Å². The fourth-order valence-corrected chi connectivity index (χ4v) is 6.22. The summed E-state index contributed by atoms with van der Waals surface area (Å²) >= 11 is 0. The maximum absolute atomic E-state index is 5.92. The van der Waals surface area contributed by atoms with Crippen molar-refractivity contribution < 1.29 is 13.3 Å². The highest BCUT2D eigenvalue weighted by atomic mass is 28.4. The molecule has 0 rings (SSSR count). The molecule has 0 aromatic carbocycles. The number of hydrogen-bond donors (Lipinski definition) is 0. The van der Waals surface area contributed by atoms with E-state index < -0.39 is 8.80 Å². The van der Waals surface area contributed by atoms with Gasteiger partial charge in [-0.25, -0.2) is 0 Å². The Kier molecular flexibility index (Phi) is 19.9. The van der Waals surface area contributed by atoms with Gasteiger partial charge in [-0.05, 0) is 27.2 Å². The number of unbranched alkanes of at least 4 members (excludes halogenated alkanes) is 13. The predicted octanol–water partition coefficient (Wildman–Crippen LogP) is 7.52. The van der Waals surface area contributed by atoms with E-state index in [0.29, 0.717) is 19.8 Å². The molecule has 158 valence electrons. The lowest BCUT2D eigenvalue weighted by Gasteiger charge is -2.28. The van der Waals surface area contributed by atoms with Crippen molar-refractivity contribution in [1.82, 2.24) is 0 Å². The Bertz CT molecular complexity index is 257. The lowest BCUT2D eigenvalue weighted by molar-refractivity contribution is 0.0706. The summed E-state index contributed by atoms with van der Waals surface area (Å²) in [7, 11) is -2.40. The summed E-state index contributed by atoms with van der Waals surface area (Å²) < 4.78 is 17.8. The topological polar surface area (TPSA) is 27.7 Å². The third-order valence-corrected chi connectivity index (χ3v) is 8.08. The van der Waals surface area contributed by atoms with Gasteiger partial charge in [-0.2, -0.15) is 0 Å². The first-order chi connectivity index (χ1) is 12.7. The molecule has 26 heavy (non-hydrogen) atoms. The van der Waals surface area contributed by atoms with Gasteiger partial charge >= 0.3 is 8.80 Å². The minimum atomic E-state index is -2.40. The van der Waals surface area contributed by atoms with Gasteiger partial charge in [0.2, 0.25) is 0 Å². The molecule has 0 aliphatic heterocycles. The van der Waals surface area contributed by atoms with Crippen LogP contribution in [0.25, 0.3) is 0 Å². The number of rotatable bonds is 21. The third-order valence-electron chi connectivity index (χ3n) is 4.93. The van der Waals surface area contributed by atoms with Gasteiger partial charge in [0.05, 0.1) is 0 Å². The van der Waals surface area contributed by atoms with Gasteiger partial charge < -0.3 is 13.3 Å². The first kappa shape index (κ1) is 26.1. The van der Waals surface area contributed by atoms with Gasteiger partial charge in [0, 0.05) is 25.9 Å². The van der Waals surface area contributed by atoms with Crippen molar-refractivity contribution in [3.05, 3.63) is 0 Å². The fourth-order valence-electron chi connectivity index (χ4n) is 3.54. The summed E-state index contributed by atoms with van der Waals surface area (Å²) in [5.41, 5.74) is 0. The van der Waals surface area contributed by atoms with E-state index in [4.69, 9.17) is 13.3 Å². The van der Waals surface area contributed by atoms with E-state index in [1.165, 1.54) is 89.9 Å². The van der Waals surface area contributed by atoms with Gasteiger partial charge in [0.15, 0.2) is 0 Å². The Labute approximate surface area is 165 Å². The summed E-state index contributed by atoms with van der Waals surface area (Å²) in [5.74, 6) is 0. The highest BCUT2D eigenvalue weighted by Crippen LogP contribution is 2.21. The minimum Gasteiger partial charge on any atom is -0.374 e. The van der Waals surface area contributed by atoms with Crippen molar-refractivity contribution in [1.29, 1.82) is 0 Å². The van der Waals surface area contributed by atoms with Gasteiger partial charge in [0.1, 0.15) is 0 Å². The molecule has 0 spiro atoms. The molecule has 4 heteroatoms. The van der Waals surface area contributed by atoms with Crippen molar-refractivity contribution in [2.75, 3.05) is 19.8 Å². The smallest absolute Gasteiger partial charge is 0.374 e. The summed E-state index contributed by atoms with van der Waals surface area (Å²) in [4.78, 5) is 0. The SMILES string of the molecule is CCCCCCCCCCCCCCCC[Si](OCC)(OCC)OCC. The Morgan fingerprint density at radius 2 is 0.731 bits per heavy atom. The molecule has 0 atom stereocenters. The molecule has 0 fully saturated rings. The second-order valence-corrected chi connectivity index (χ2v) is 10.1. The van der Waals surface area contributed by atoms with Crippen LogP contribution in [-0.4, -0.2) is 28.6 Å². The summed E-state index contributed by atoms with van der Waals surface area (Å²) in [6, 6.07) is 0.973. The number of hydrogen-bond acceptors (Lipinski definition) is 3. The zero-order valence-corrected chi connectivity index (χ0v) is 19.5. The van der Waals surface area contributed by atoms with Crippen LogP contribution in [0, 0.1) is 0 Å². The Balaban J connectivity index is 3.52. The largest absolute Gasteiger partial charge is 0.500 e. The van der Waals surface area contributed by atoms with Crippen LogP contribution >= 0.6 is 0 Å². The molecule has 3 nitrogen and oxygen atoms in total. The molecular formula is C22H48O3Si.